The Morgan fingerprint density at radius 1 is 1.16 bits per heavy atom. The third kappa shape index (κ3) is 6.03. The van der Waals surface area contributed by atoms with Gasteiger partial charge >= 0.3 is 0 Å². The molecule has 1 amide bonds. The Hall–Kier alpha value is -2.94. The number of ether oxygens (including phenoxy) is 2. The molecule has 4 aromatic rings. The van der Waals surface area contributed by atoms with Crippen LogP contribution in [0.5, 0.6) is 5.75 Å². The fraction of sp³-hybridized carbons (Fsp3) is 0.367. The highest BCUT2D eigenvalue weighted by Gasteiger charge is 2.32. The molecule has 8 heteroatoms. The third-order valence-corrected chi connectivity index (χ3v) is 8.66. The highest BCUT2D eigenvalue weighted by Crippen LogP contribution is 2.43. The molecular formula is C30H33N3O3S2. The van der Waals surface area contributed by atoms with Crippen LogP contribution in [0.15, 0.2) is 59.6 Å². The molecule has 0 bridgehead atoms. The lowest BCUT2D eigenvalue weighted by molar-refractivity contribution is -0.115. The zero-order chi connectivity index (χ0) is 26.7. The van der Waals surface area contributed by atoms with Gasteiger partial charge in [-0.05, 0) is 69.2 Å². The summed E-state index contributed by atoms with van der Waals surface area (Å²) in [5.74, 6) is 1.43. The number of aromatic nitrogens is 2. The fourth-order valence-corrected chi connectivity index (χ4v) is 6.49. The Bertz CT molecular complexity index is 1420. The number of nitrogens with zero attached hydrogens (tertiary/aromatic N) is 2. The molecule has 0 spiro atoms. The molecule has 0 radical (unpaired) electrons. The number of fused-ring (bicyclic) bond motifs is 3. The van der Waals surface area contributed by atoms with Crippen molar-refractivity contribution in [2.75, 3.05) is 11.9 Å². The lowest BCUT2D eigenvalue weighted by Crippen LogP contribution is -2.31. The van der Waals surface area contributed by atoms with Crippen LogP contribution in [0.1, 0.15) is 51.0 Å². The fourth-order valence-electron chi connectivity index (χ4n) is 4.35. The maximum Gasteiger partial charge on any atom is 0.237 e. The molecule has 1 N–H and O–H groups in total. The molecule has 198 valence electrons. The smallest absolute Gasteiger partial charge is 0.237 e. The van der Waals surface area contributed by atoms with Crippen LogP contribution in [0.4, 0.5) is 5.69 Å². The van der Waals surface area contributed by atoms with Crippen LogP contribution in [-0.2, 0) is 22.6 Å². The Morgan fingerprint density at radius 3 is 2.66 bits per heavy atom. The number of nitrogens with one attached hydrogen (secondary N) is 1. The van der Waals surface area contributed by atoms with Crippen LogP contribution >= 0.6 is 23.1 Å². The summed E-state index contributed by atoms with van der Waals surface area (Å²) in [5, 5.41) is 4.55. The summed E-state index contributed by atoms with van der Waals surface area (Å²) in [7, 11) is 0. The van der Waals surface area contributed by atoms with E-state index in [1.54, 1.807) is 11.3 Å². The van der Waals surface area contributed by atoms with E-state index < -0.39 is 0 Å². The van der Waals surface area contributed by atoms with Gasteiger partial charge in [-0.3, -0.25) is 4.79 Å². The van der Waals surface area contributed by atoms with E-state index in [0.717, 1.165) is 51.5 Å². The topological polar surface area (TPSA) is 73.3 Å². The molecule has 1 unspecified atom stereocenters. The zero-order valence-electron chi connectivity index (χ0n) is 22.2. The summed E-state index contributed by atoms with van der Waals surface area (Å²) in [4.78, 5) is 25.2. The number of carbonyl (C=O) groups is 1. The Kier molecular flexibility index (Phi) is 8.02. The van der Waals surface area contributed by atoms with Crippen molar-refractivity contribution in [2.45, 2.75) is 69.4 Å². The third-order valence-electron chi connectivity index (χ3n) is 6.48. The van der Waals surface area contributed by atoms with Crippen molar-refractivity contribution in [1.82, 2.24) is 9.97 Å². The van der Waals surface area contributed by atoms with Crippen LogP contribution in [0.3, 0.4) is 0 Å². The van der Waals surface area contributed by atoms with E-state index in [2.05, 4.69) is 26.1 Å². The number of benzene rings is 2. The quantitative estimate of drug-likeness (QED) is 0.133. The van der Waals surface area contributed by atoms with E-state index in [9.17, 15) is 4.79 Å². The lowest BCUT2D eigenvalue weighted by atomic mass is 9.94. The SMILES string of the molecule is CCCCOc1ccc(-c2nc(SC(C)C(=O)Nc3ccccc3)c3c4c(sc3n2)COC(C)(C)C4)cc1. The van der Waals surface area contributed by atoms with Gasteiger partial charge in [0, 0.05) is 27.9 Å². The predicted octanol–water partition coefficient (Wildman–Crippen LogP) is 7.51. The average molecular weight is 548 g/mol. The maximum atomic E-state index is 13.1. The van der Waals surface area contributed by atoms with Crippen molar-refractivity contribution in [3.8, 4) is 17.1 Å². The van der Waals surface area contributed by atoms with Crippen LogP contribution in [0, 0.1) is 0 Å². The second kappa shape index (κ2) is 11.4. The van der Waals surface area contributed by atoms with E-state index in [-0.39, 0.29) is 16.8 Å². The molecule has 38 heavy (non-hydrogen) atoms. The number of amides is 1. The number of thioether (sulfide) groups is 1. The minimum Gasteiger partial charge on any atom is -0.494 e. The van der Waals surface area contributed by atoms with Gasteiger partial charge in [-0.1, -0.05) is 43.3 Å². The largest absolute Gasteiger partial charge is 0.494 e. The number of carbonyl (C=O) groups excluding carboxylic acids is 1. The molecule has 0 fully saturated rings. The van der Waals surface area contributed by atoms with Gasteiger partial charge < -0.3 is 14.8 Å². The van der Waals surface area contributed by atoms with Crippen LogP contribution in [0.2, 0.25) is 0 Å². The van der Waals surface area contributed by atoms with Gasteiger partial charge in [0.1, 0.15) is 15.6 Å². The number of rotatable bonds is 9. The summed E-state index contributed by atoms with van der Waals surface area (Å²) >= 11 is 3.15. The first-order chi connectivity index (χ1) is 18.3. The Balaban J connectivity index is 1.49. The Morgan fingerprint density at radius 2 is 1.92 bits per heavy atom. The molecule has 5 rings (SSSR count). The van der Waals surface area contributed by atoms with E-state index in [4.69, 9.17) is 19.4 Å². The van der Waals surface area contributed by atoms with Crippen molar-refractivity contribution < 1.29 is 14.3 Å². The van der Waals surface area contributed by atoms with Gasteiger partial charge in [-0.25, -0.2) is 9.97 Å². The number of unbranched alkanes of at least 4 members (excludes halogenated alkanes) is 1. The van der Waals surface area contributed by atoms with Crippen molar-refractivity contribution in [1.29, 1.82) is 0 Å². The van der Waals surface area contributed by atoms with Crippen LogP contribution < -0.4 is 10.1 Å². The number of hydrogen-bond acceptors (Lipinski definition) is 7. The normalized spacial score (nSPS) is 15.2. The number of hydrogen-bond donors (Lipinski definition) is 1. The number of para-hydroxylation sites is 1. The Labute approximate surface area is 232 Å². The molecule has 1 aliphatic rings. The summed E-state index contributed by atoms with van der Waals surface area (Å²) in [6.45, 7) is 9.57. The summed E-state index contributed by atoms with van der Waals surface area (Å²) < 4.78 is 11.9. The second-order valence-corrected chi connectivity index (χ2v) is 12.5. The molecule has 3 heterocycles. The highest BCUT2D eigenvalue weighted by atomic mass is 32.2. The van der Waals surface area contributed by atoms with Gasteiger partial charge in [0.15, 0.2) is 5.82 Å². The summed E-state index contributed by atoms with van der Waals surface area (Å²) in [6, 6.07) is 17.5. The molecule has 0 saturated heterocycles. The molecule has 1 atom stereocenters. The summed E-state index contributed by atoms with van der Waals surface area (Å²) in [5.41, 5.74) is 2.68. The molecule has 2 aromatic carbocycles. The van der Waals surface area contributed by atoms with Gasteiger partial charge in [0.2, 0.25) is 5.91 Å². The first kappa shape index (κ1) is 26.7. The first-order valence-corrected chi connectivity index (χ1v) is 14.7. The molecule has 0 aliphatic carbocycles. The molecule has 1 aliphatic heterocycles. The van der Waals surface area contributed by atoms with E-state index >= 15 is 0 Å². The minimum atomic E-state index is -0.348. The monoisotopic (exact) mass is 547 g/mol. The number of anilines is 1. The molecule has 2 aromatic heterocycles. The lowest BCUT2D eigenvalue weighted by Gasteiger charge is -2.30. The van der Waals surface area contributed by atoms with Gasteiger partial charge in [0.05, 0.1) is 24.1 Å². The second-order valence-electron chi connectivity index (χ2n) is 10.1. The van der Waals surface area contributed by atoms with Crippen LogP contribution in [-0.4, -0.2) is 33.3 Å². The highest BCUT2D eigenvalue weighted by molar-refractivity contribution is 8.00. The first-order valence-electron chi connectivity index (χ1n) is 13.0. The maximum absolute atomic E-state index is 13.1. The molecular weight excluding hydrogens is 514 g/mol. The van der Waals surface area contributed by atoms with Crippen molar-refractivity contribution in [2.24, 2.45) is 0 Å². The minimum absolute atomic E-state index is 0.0594. The zero-order valence-corrected chi connectivity index (χ0v) is 23.9. The van der Waals surface area contributed by atoms with E-state index in [1.807, 2.05) is 61.5 Å². The van der Waals surface area contributed by atoms with Gasteiger partial charge in [0.25, 0.3) is 0 Å². The number of thiophene rings is 1. The molecule has 6 nitrogen and oxygen atoms in total. The van der Waals surface area contributed by atoms with Crippen molar-refractivity contribution in [3.05, 3.63) is 65.0 Å². The van der Waals surface area contributed by atoms with Gasteiger partial charge in [-0.15, -0.1) is 11.3 Å². The van der Waals surface area contributed by atoms with Crippen molar-refractivity contribution in [3.63, 3.8) is 0 Å². The molecule has 0 saturated carbocycles. The standard InChI is InChI=1S/C30H33N3O3S2/c1-5-6-16-35-22-14-12-20(13-15-22)26-32-28(37-19(2)27(34)31-21-10-8-7-9-11-21)25-23-17-30(3,4)36-18-24(23)38-29(25)33-26/h7-15,19H,5-6,16-18H2,1-4H3,(H,31,34). The van der Waals surface area contributed by atoms with Crippen molar-refractivity contribution >= 4 is 44.9 Å². The predicted molar refractivity (Wildman–Crippen MR) is 156 cm³/mol. The summed E-state index contributed by atoms with van der Waals surface area (Å²) in [6.07, 6.45) is 2.91. The van der Waals surface area contributed by atoms with Gasteiger partial charge in [-0.2, -0.15) is 0 Å². The van der Waals surface area contributed by atoms with E-state index in [0.29, 0.717) is 19.0 Å². The van der Waals surface area contributed by atoms with Crippen LogP contribution in [0.25, 0.3) is 21.6 Å². The average Bonchev–Trinajstić information content (AvgIpc) is 3.26. The van der Waals surface area contributed by atoms with E-state index in [1.165, 1.54) is 22.2 Å².